The van der Waals surface area contributed by atoms with E-state index < -0.39 is 5.82 Å². The van der Waals surface area contributed by atoms with Gasteiger partial charge >= 0.3 is 0 Å². The monoisotopic (exact) mass is 404 g/mol. The maximum absolute atomic E-state index is 13.7. The standard InChI is InChI=1S/C15H21FN4.HI/c1-4-11(3)20-15(18-5-2)19-10-13-7-6-12(9-17)8-14(13)16;/h6-8,11H,4-5,10H2,1-3H3,(H2,18,19,20);1H. The molecule has 4 nitrogen and oxygen atoms in total. The molecule has 0 fully saturated rings. The summed E-state index contributed by atoms with van der Waals surface area (Å²) in [6.07, 6.45) is 0.982. The lowest BCUT2D eigenvalue weighted by atomic mass is 10.1. The number of benzene rings is 1. The molecule has 1 aromatic rings. The second kappa shape index (κ2) is 10.4. The summed E-state index contributed by atoms with van der Waals surface area (Å²) in [4.78, 5) is 4.36. The van der Waals surface area contributed by atoms with E-state index in [4.69, 9.17) is 5.26 Å². The zero-order chi connectivity index (χ0) is 15.0. The summed E-state index contributed by atoms with van der Waals surface area (Å²) in [7, 11) is 0. The Balaban J connectivity index is 0.00000400. The molecular weight excluding hydrogens is 382 g/mol. The largest absolute Gasteiger partial charge is 0.357 e. The van der Waals surface area contributed by atoms with Crippen molar-refractivity contribution in [3.63, 3.8) is 0 Å². The quantitative estimate of drug-likeness (QED) is 0.450. The van der Waals surface area contributed by atoms with Gasteiger partial charge in [-0.2, -0.15) is 5.26 Å². The summed E-state index contributed by atoms with van der Waals surface area (Å²) in [5, 5.41) is 15.1. The molecule has 6 heteroatoms. The molecule has 2 N–H and O–H groups in total. The first-order valence-electron chi connectivity index (χ1n) is 6.84. The summed E-state index contributed by atoms with van der Waals surface area (Å²) in [6, 6.07) is 6.66. The van der Waals surface area contributed by atoms with Gasteiger partial charge in [0.15, 0.2) is 5.96 Å². The van der Waals surface area contributed by atoms with Gasteiger partial charge in [0.1, 0.15) is 5.82 Å². The summed E-state index contributed by atoms with van der Waals surface area (Å²) >= 11 is 0. The van der Waals surface area contributed by atoms with Gasteiger partial charge in [-0.1, -0.05) is 13.0 Å². The Labute approximate surface area is 142 Å². The molecule has 21 heavy (non-hydrogen) atoms. The van der Waals surface area contributed by atoms with E-state index in [1.807, 2.05) is 13.0 Å². The third-order valence-electron chi connectivity index (χ3n) is 2.93. The predicted molar refractivity (Wildman–Crippen MR) is 94.2 cm³/mol. The van der Waals surface area contributed by atoms with Crippen LogP contribution in [0.15, 0.2) is 23.2 Å². The van der Waals surface area contributed by atoms with Crippen LogP contribution in [-0.2, 0) is 6.54 Å². The van der Waals surface area contributed by atoms with Crippen LogP contribution in [0.2, 0.25) is 0 Å². The Morgan fingerprint density at radius 2 is 2.14 bits per heavy atom. The number of guanidine groups is 1. The van der Waals surface area contributed by atoms with Crippen molar-refractivity contribution in [2.75, 3.05) is 6.54 Å². The van der Waals surface area contributed by atoms with Crippen molar-refractivity contribution in [3.05, 3.63) is 35.1 Å². The number of hydrogen-bond acceptors (Lipinski definition) is 2. The molecule has 116 valence electrons. The van der Waals surface area contributed by atoms with Crippen LogP contribution in [0.25, 0.3) is 0 Å². The highest BCUT2D eigenvalue weighted by molar-refractivity contribution is 14.0. The molecule has 1 aromatic carbocycles. The molecule has 0 aliphatic heterocycles. The Morgan fingerprint density at radius 3 is 2.67 bits per heavy atom. The van der Waals surface area contributed by atoms with Gasteiger partial charge in [0.05, 0.1) is 18.2 Å². The van der Waals surface area contributed by atoms with Crippen LogP contribution in [0.5, 0.6) is 0 Å². The van der Waals surface area contributed by atoms with Crippen LogP contribution in [0.3, 0.4) is 0 Å². The van der Waals surface area contributed by atoms with Gasteiger partial charge in [0.2, 0.25) is 0 Å². The third kappa shape index (κ3) is 6.76. The van der Waals surface area contributed by atoms with Crippen molar-refractivity contribution in [1.82, 2.24) is 10.6 Å². The average Bonchev–Trinajstić information content (AvgIpc) is 2.45. The minimum Gasteiger partial charge on any atom is -0.357 e. The van der Waals surface area contributed by atoms with E-state index in [1.165, 1.54) is 6.07 Å². The molecule has 0 aliphatic carbocycles. The van der Waals surface area contributed by atoms with Gasteiger partial charge in [0.25, 0.3) is 0 Å². The molecule has 0 aliphatic rings. The third-order valence-corrected chi connectivity index (χ3v) is 2.93. The maximum atomic E-state index is 13.7. The fourth-order valence-electron chi connectivity index (χ4n) is 1.56. The van der Waals surface area contributed by atoms with E-state index in [-0.39, 0.29) is 30.5 Å². The molecule has 0 amide bonds. The lowest BCUT2D eigenvalue weighted by Crippen LogP contribution is -2.41. The zero-order valence-corrected chi connectivity index (χ0v) is 14.9. The van der Waals surface area contributed by atoms with Crippen LogP contribution in [0.4, 0.5) is 4.39 Å². The zero-order valence-electron chi connectivity index (χ0n) is 12.6. The van der Waals surface area contributed by atoms with E-state index in [1.54, 1.807) is 12.1 Å². The normalized spacial score (nSPS) is 12.0. The van der Waals surface area contributed by atoms with E-state index in [0.717, 1.165) is 13.0 Å². The van der Waals surface area contributed by atoms with Crippen molar-refractivity contribution in [3.8, 4) is 6.07 Å². The minimum absolute atomic E-state index is 0. The van der Waals surface area contributed by atoms with Crippen molar-refractivity contribution < 1.29 is 4.39 Å². The molecular formula is C15H22FIN4. The van der Waals surface area contributed by atoms with Crippen LogP contribution in [0.1, 0.15) is 38.3 Å². The number of halogens is 2. The van der Waals surface area contributed by atoms with E-state index >= 15 is 0 Å². The highest BCUT2D eigenvalue weighted by atomic mass is 127. The summed E-state index contributed by atoms with van der Waals surface area (Å²) in [5.74, 6) is 0.276. The molecule has 0 spiro atoms. The van der Waals surface area contributed by atoms with Crippen LogP contribution < -0.4 is 10.6 Å². The molecule has 1 unspecified atom stereocenters. The van der Waals surface area contributed by atoms with E-state index in [2.05, 4.69) is 29.5 Å². The molecule has 0 aromatic heterocycles. The van der Waals surface area contributed by atoms with Gasteiger partial charge in [-0.3, -0.25) is 0 Å². The number of aliphatic imine (C=N–C) groups is 1. The smallest absolute Gasteiger partial charge is 0.191 e. The van der Waals surface area contributed by atoms with Crippen LogP contribution in [-0.4, -0.2) is 18.5 Å². The molecule has 0 bridgehead atoms. The van der Waals surface area contributed by atoms with Crippen LogP contribution >= 0.6 is 24.0 Å². The minimum atomic E-state index is -0.396. The van der Waals surface area contributed by atoms with Gasteiger partial charge < -0.3 is 10.6 Å². The number of nitrogens with one attached hydrogen (secondary N) is 2. The fourth-order valence-corrected chi connectivity index (χ4v) is 1.56. The van der Waals surface area contributed by atoms with Gasteiger partial charge in [-0.05, 0) is 32.4 Å². The van der Waals surface area contributed by atoms with E-state index in [9.17, 15) is 4.39 Å². The highest BCUT2D eigenvalue weighted by Gasteiger charge is 2.05. The maximum Gasteiger partial charge on any atom is 0.191 e. The SMILES string of the molecule is CCNC(=NCc1ccc(C#N)cc1F)NC(C)CC.I. The number of nitriles is 1. The Hall–Kier alpha value is -1.36. The first-order chi connectivity index (χ1) is 9.60. The highest BCUT2D eigenvalue weighted by Crippen LogP contribution is 2.11. The Bertz CT molecular complexity index is 511. The lowest BCUT2D eigenvalue weighted by molar-refractivity contribution is 0.606. The molecule has 1 rings (SSSR count). The summed E-state index contributed by atoms with van der Waals surface area (Å²) < 4.78 is 13.7. The topological polar surface area (TPSA) is 60.2 Å². The second-order valence-electron chi connectivity index (χ2n) is 4.57. The van der Waals surface area contributed by atoms with Gasteiger partial charge in [-0.25, -0.2) is 9.38 Å². The first-order valence-corrected chi connectivity index (χ1v) is 6.84. The first kappa shape index (κ1) is 19.6. The molecule has 0 saturated carbocycles. The predicted octanol–water partition coefficient (Wildman–Crippen LogP) is 3.17. The van der Waals surface area contributed by atoms with Crippen molar-refractivity contribution in [2.45, 2.75) is 39.8 Å². The number of nitrogens with zero attached hydrogens (tertiary/aromatic N) is 2. The fraction of sp³-hybridized carbons (Fsp3) is 0.467. The van der Waals surface area contributed by atoms with Crippen molar-refractivity contribution in [1.29, 1.82) is 5.26 Å². The van der Waals surface area contributed by atoms with Crippen molar-refractivity contribution in [2.24, 2.45) is 4.99 Å². The lowest BCUT2D eigenvalue weighted by Gasteiger charge is -2.16. The molecule has 1 atom stereocenters. The second-order valence-corrected chi connectivity index (χ2v) is 4.57. The van der Waals surface area contributed by atoms with Gasteiger partial charge in [0, 0.05) is 18.2 Å². The number of rotatable bonds is 5. The van der Waals surface area contributed by atoms with E-state index in [0.29, 0.717) is 23.1 Å². The molecule has 0 radical (unpaired) electrons. The Morgan fingerprint density at radius 1 is 1.43 bits per heavy atom. The van der Waals surface area contributed by atoms with Crippen molar-refractivity contribution >= 4 is 29.9 Å². The average molecular weight is 404 g/mol. The van der Waals surface area contributed by atoms with Crippen LogP contribution in [0, 0.1) is 17.1 Å². The molecule has 0 heterocycles. The number of hydrogen-bond donors (Lipinski definition) is 2. The Kier molecular flexibility index (Phi) is 9.71. The molecule has 0 saturated heterocycles. The summed E-state index contributed by atoms with van der Waals surface area (Å²) in [6.45, 7) is 7.12. The summed E-state index contributed by atoms with van der Waals surface area (Å²) in [5.41, 5.74) is 0.797. The van der Waals surface area contributed by atoms with Gasteiger partial charge in [-0.15, -0.1) is 24.0 Å².